The average molecular weight is 380 g/mol. The molecule has 1 atom stereocenters. The summed E-state index contributed by atoms with van der Waals surface area (Å²) in [6.07, 6.45) is 0.846. The van der Waals surface area contributed by atoms with Crippen LogP contribution < -0.4 is 0 Å². The number of phenols is 2. The first-order chi connectivity index (χ1) is 12.7. The minimum atomic E-state index is -1.53. The smallest absolute Gasteiger partial charge is 0.232 e. The van der Waals surface area contributed by atoms with Crippen molar-refractivity contribution in [3.8, 4) is 11.5 Å². The highest BCUT2D eigenvalue weighted by Crippen LogP contribution is 2.45. The predicted octanol–water partition coefficient (Wildman–Crippen LogP) is 1.83. The Hall–Kier alpha value is -2.42. The van der Waals surface area contributed by atoms with Crippen molar-refractivity contribution in [2.75, 3.05) is 20.3 Å². The molecule has 2 aliphatic rings. The Kier molecular flexibility index (Phi) is 6.25. The molecule has 0 radical (unpaired) electrons. The van der Waals surface area contributed by atoms with Gasteiger partial charge in [0.2, 0.25) is 5.78 Å². The molecule has 0 aromatic heterocycles. The second kappa shape index (κ2) is 8.08. The number of carbonyl (C=O) groups excluding carboxylic acids is 2. The number of ketones is 2. The number of allylic oxidation sites excluding steroid dienone is 2. The van der Waals surface area contributed by atoms with Crippen molar-refractivity contribution in [1.82, 2.24) is 0 Å². The molecule has 3 N–H and O–H groups in total. The summed E-state index contributed by atoms with van der Waals surface area (Å²) in [5.41, 5.74) is -0.199. The molecule has 1 aromatic rings. The van der Waals surface area contributed by atoms with Gasteiger partial charge in [-0.2, -0.15) is 0 Å². The number of methoxy groups -OCH3 is 1. The molecule has 1 aliphatic heterocycles. The van der Waals surface area contributed by atoms with Crippen molar-refractivity contribution in [1.29, 1.82) is 0 Å². The van der Waals surface area contributed by atoms with Gasteiger partial charge in [-0.05, 0) is 20.8 Å². The van der Waals surface area contributed by atoms with Gasteiger partial charge in [0.1, 0.15) is 11.5 Å². The first kappa shape index (κ1) is 20.9. The summed E-state index contributed by atoms with van der Waals surface area (Å²) < 4.78 is 14.8. The van der Waals surface area contributed by atoms with E-state index >= 15 is 0 Å². The minimum Gasteiger partial charge on any atom is -0.507 e. The summed E-state index contributed by atoms with van der Waals surface area (Å²) in [6.45, 7) is 6.89. The van der Waals surface area contributed by atoms with Gasteiger partial charge in [0, 0.05) is 36.8 Å². The number of aromatic hydroxyl groups is 2. The molecule has 27 heavy (non-hydrogen) atoms. The Morgan fingerprint density at radius 1 is 1.11 bits per heavy atom. The highest BCUT2D eigenvalue weighted by atomic mass is 16.6. The Morgan fingerprint density at radius 2 is 1.70 bits per heavy atom. The van der Waals surface area contributed by atoms with Gasteiger partial charge in [0.25, 0.3) is 0 Å². The lowest BCUT2D eigenvalue weighted by Gasteiger charge is -2.32. The zero-order valence-electron chi connectivity index (χ0n) is 15.8. The summed E-state index contributed by atoms with van der Waals surface area (Å²) >= 11 is 0. The zero-order chi connectivity index (χ0) is 20.4. The van der Waals surface area contributed by atoms with Crippen LogP contribution in [0.25, 0.3) is 0 Å². The Morgan fingerprint density at radius 3 is 2.22 bits per heavy atom. The van der Waals surface area contributed by atoms with Crippen molar-refractivity contribution in [2.24, 2.45) is 0 Å². The molecule has 1 aromatic carbocycles. The third-order valence-corrected chi connectivity index (χ3v) is 4.28. The fourth-order valence-electron chi connectivity index (χ4n) is 2.97. The summed E-state index contributed by atoms with van der Waals surface area (Å²) in [6, 6.07) is 0. The quantitative estimate of drug-likeness (QED) is 0.679. The molecule has 0 bridgehead atoms. The highest BCUT2D eigenvalue weighted by Gasteiger charge is 2.39. The Bertz CT molecular complexity index is 790. The van der Waals surface area contributed by atoms with E-state index in [9.17, 15) is 24.9 Å². The lowest BCUT2D eigenvalue weighted by molar-refractivity contribution is -0.204. The first-order valence-corrected chi connectivity index (χ1v) is 8.56. The van der Waals surface area contributed by atoms with Crippen LogP contribution >= 0.6 is 0 Å². The van der Waals surface area contributed by atoms with E-state index in [4.69, 9.17) is 14.2 Å². The molecule has 1 aliphatic carbocycles. The number of phenolic OH excluding ortho intramolecular Hbond substituents is 2. The van der Waals surface area contributed by atoms with E-state index < -0.39 is 28.9 Å². The van der Waals surface area contributed by atoms with E-state index in [0.717, 1.165) is 19.3 Å². The van der Waals surface area contributed by atoms with Gasteiger partial charge in [-0.3, -0.25) is 9.59 Å². The van der Waals surface area contributed by atoms with Crippen LogP contribution in [0.3, 0.4) is 0 Å². The molecule has 0 saturated heterocycles. The van der Waals surface area contributed by atoms with Crippen LogP contribution in [0.2, 0.25) is 0 Å². The van der Waals surface area contributed by atoms with Crippen LogP contribution in [-0.4, -0.2) is 53.0 Å². The van der Waals surface area contributed by atoms with E-state index in [-0.39, 0.29) is 41.0 Å². The molecular formula is C19H24O8. The van der Waals surface area contributed by atoms with Crippen LogP contribution in [0.15, 0.2) is 11.8 Å². The summed E-state index contributed by atoms with van der Waals surface area (Å²) in [5, 5.41) is 30.7. The molecule has 1 unspecified atom stereocenters. The number of aliphatic hydroxyl groups is 1. The molecule has 8 heteroatoms. The predicted molar refractivity (Wildman–Crippen MR) is 94.8 cm³/mol. The van der Waals surface area contributed by atoms with Crippen molar-refractivity contribution < 1.29 is 39.1 Å². The highest BCUT2D eigenvalue weighted by molar-refractivity contribution is 6.26. The number of hydrogen-bond donors (Lipinski definition) is 3. The number of ether oxygens (including phenoxy) is 3. The van der Waals surface area contributed by atoms with Crippen LogP contribution in [0.5, 0.6) is 11.5 Å². The fourth-order valence-corrected chi connectivity index (χ4v) is 2.97. The lowest BCUT2D eigenvalue weighted by atomic mass is 9.84. The van der Waals surface area contributed by atoms with Gasteiger partial charge in [-0.25, -0.2) is 0 Å². The molecule has 1 heterocycles. The molecule has 0 fully saturated rings. The Labute approximate surface area is 157 Å². The third kappa shape index (κ3) is 3.97. The SMILES string of the molecule is CCOCC.COC1=CC(=O)c2c(O)c3c(c(O)c2C1=O)CC(C)(O)OC3. The average Bonchev–Trinajstić information content (AvgIpc) is 2.61. The van der Waals surface area contributed by atoms with Gasteiger partial charge in [-0.1, -0.05) is 0 Å². The van der Waals surface area contributed by atoms with Crippen LogP contribution in [-0.2, 0) is 27.2 Å². The van der Waals surface area contributed by atoms with Crippen LogP contribution in [0.1, 0.15) is 52.6 Å². The maximum atomic E-state index is 12.3. The third-order valence-electron chi connectivity index (χ3n) is 4.28. The summed E-state index contributed by atoms with van der Waals surface area (Å²) in [7, 11) is 1.23. The number of fused-ring (bicyclic) bond motifs is 2. The molecule has 0 amide bonds. The van der Waals surface area contributed by atoms with E-state index in [2.05, 4.69) is 0 Å². The maximum Gasteiger partial charge on any atom is 0.232 e. The van der Waals surface area contributed by atoms with Gasteiger partial charge in [0.15, 0.2) is 17.3 Å². The van der Waals surface area contributed by atoms with E-state index in [1.165, 1.54) is 14.0 Å². The fraction of sp³-hybridized carbons (Fsp3) is 0.474. The number of carbonyl (C=O) groups is 2. The van der Waals surface area contributed by atoms with E-state index in [1.54, 1.807) is 0 Å². The zero-order valence-corrected chi connectivity index (χ0v) is 15.8. The standard InChI is InChI=1S/C15H14O7.C4H10O/c1-15(20)4-6-7(5-22-15)13(18)10-8(16)3-9(21-2)14(19)11(10)12(6)17;1-3-5-4-2/h3,17-18,20H,4-5H2,1-2H3;3-4H2,1-2H3. The van der Waals surface area contributed by atoms with E-state index in [0.29, 0.717) is 0 Å². The monoisotopic (exact) mass is 380 g/mol. The minimum absolute atomic E-state index is 0.123. The van der Waals surface area contributed by atoms with Crippen molar-refractivity contribution in [2.45, 2.75) is 39.6 Å². The number of Topliss-reactive ketones (excluding diaryl/α,β-unsaturated/α-hetero) is 1. The van der Waals surface area contributed by atoms with Gasteiger partial charge in [0.05, 0.1) is 24.8 Å². The second-order valence-corrected chi connectivity index (χ2v) is 6.23. The molecule has 0 spiro atoms. The Balaban J connectivity index is 0.000000465. The molecule has 8 nitrogen and oxygen atoms in total. The number of rotatable bonds is 3. The normalized spacial score (nSPS) is 20.9. The first-order valence-electron chi connectivity index (χ1n) is 8.56. The van der Waals surface area contributed by atoms with Crippen molar-refractivity contribution in [3.05, 3.63) is 34.1 Å². The van der Waals surface area contributed by atoms with Crippen LogP contribution in [0.4, 0.5) is 0 Å². The van der Waals surface area contributed by atoms with Gasteiger partial charge < -0.3 is 29.5 Å². The summed E-state index contributed by atoms with van der Waals surface area (Å²) in [5.74, 6) is -3.94. The molecular weight excluding hydrogens is 356 g/mol. The van der Waals surface area contributed by atoms with Gasteiger partial charge >= 0.3 is 0 Å². The lowest BCUT2D eigenvalue weighted by Crippen LogP contribution is -2.35. The second-order valence-electron chi connectivity index (χ2n) is 6.23. The summed E-state index contributed by atoms with van der Waals surface area (Å²) in [4.78, 5) is 24.4. The van der Waals surface area contributed by atoms with E-state index in [1.807, 2.05) is 13.8 Å². The topological polar surface area (TPSA) is 123 Å². The largest absolute Gasteiger partial charge is 0.507 e. The molecule has 148 valence electrons. The van der Waals surface area contributed by atoms with Crippen LogP contribution in [0, 0.1) is 0 Å². The molecule has 0 saturated carbocycles. The maximum absolute atomic E-state index is 12.3. The number of benzene rings is 1. The van der Waals surface area contributed by atoms with Crippen molar-refractivity contribution >= 4 is 11.6 Å². The number of hydrogen-bond acceptors (Lipinski definition) is 8. The molecule has 3 rings (SSSR count). The van der Waals surface area contributed by atoms with Crippen molar-refractivity contribution in [3.63, 3.8) is 0 Å². The van der Waals surface area contributed by atoms with Gasteiger partial charge in [-0.15, -0.1) is 0 Å².